The number of nitrogens with zero attached hydrogens (tertiary/aromatic N) is 1. The Bertz CT molecular complexity index is 635. The van der Waals surface area contributed by atoms with E-state index < -0.39 is 0 Å². The zero-order valence-corrected chi connectivity index (χ0v) is 14.8. The summed E-state index contributed by atoms with van der Waals surface area (Å²) in [5, 5.41) is 4.37. The Morgan fingerprint density at radius 1 is 1.29 bits per heavy atom. The molecule has 2 rings (SSSR count). The van der Waals surface area contributed by atoms with E-state index in [2.05, 4.69) is 40.1 Å². The molecule has 1 aromatic heterocycles. The van der Waals surface area contributed by atoms with E-state index in [0.29, 0.717) is 34.3 Å². The molecule has 1 heterocycles. The number of hydrogen-bond acceptors (Lipinski definition) is 3. The van der Waals surface area contributed by atoms with Gasteiger partial charge in [0.1, 0.15) is 5.75 Å². The molecule has 0 amide bonds. The average molecular weight is 390 g/mol. The first-order valence-electron chi connectivity index (χ1n) is 6.46. The summed E-state index contributed by atoms with van der Waals surface area (Å²) >= 11 is 15.4. The van der Waals surface area contributed by atoms with Crippen LogP contribution in [0, 0.1) is 0 Å². The molecule has 0 radical (unpaired) electrons. The lowest BCUT2D eigenvalue weighted by atomic mass is 10.2. The summed E-state index contributed by atoms with van der Waals surface area (Å²) in [6.45, 7) is 4.83. The topological polar surface area (TPSA) is 34.2 Å². The second-order valence-corrected chi connectivity index (χ2v) is 6.59. The fraction of sp³-hybridized carbons (Fsp3) is 0.267. The van der Waals surface area contributed by atoms with Crippen LogP contribution in [0.5, 0.6) is 11.6 Å². The Hall–Kier alpha value is -0.810. The maximum atomic E-state index is 6.13. The zero-order valence-electron chi connectivity index (χ0n) is 11.7. The van der Waals surface area contributed by atoms with E-state index in [9.17, 15) is 0 Å². The van der Waals surface area contributed by atoms with Crippen molar-refractivity contribution in [1.29, 1.82) is 0 Å². The van der Waals surface area contributed by atoms with Crippen LogP contribution < -0.4 is 10.1 Å². The third-order valence-corrected chi connectivity index (χ3v) is 3.66. The molecule has 0 aliphatic heterocycles. The lowest BCUT2D eigenvalue weighted by molar-refractivity contribution is 0.450. The van der Waals surface area contributed by atoms with Crippen LogP contribution in [0.2, 0.25) is 10.0 Å². The highest BCUT2D eigenvalue weighted by atomic mass is 79.9. The SMILES string of the molecule is CC(C)NCc1cc(Br)cnc1Oc1ccc(Cl)cc1Cl. The summed E-state index contributed by atoms with van der Waals surface area (Å²) in [5.41, 5.74) is 0.948. The van der Waals surface area contributed by atoms with Crippen molar-refractivity contribution in [3.8, 4) is 11.6 Å². The highest BCUT2D eigenvalue weighted by Crippen LogP contribution is 2.32. The van der Waals surface area contributed by atoms with Gasteiger partial charge in [0, 0.05) is 33.8 Å². The van der Waals surface area contributed by atoms with Gasteiger partial charge in [0.25, 0.3) is 0 Å². The van der Waals surface area contributed by atoms with E-state index in [-0.39, 0.29) is 0 Å². The van der Waals surface area contributed by atoms with E-state index >= 15 is 0 Å². The number of rotatable bonds is 5. The molecule has 2 aromatic rings. The summed E-state index contributed by atoms with van der Waals surface area (Å²) in [6, 6.07) is 7.45. The van der Waals surface area contributed by atoms with Crippen LogP contribution in [-0.2, 0) is 6.54 Å². The summed E-state index contributed by atoms with van der Waals surface area (Å²) in [4.78, 5) is 4.31. The molecule has 21 heavy (non-hydrogen) atoms. The summed E-state index contributed by atoms with van der Waals surface area (Å²) in [7, 11) is 0. The Morgan fingerprint density at radius 3 is 2.71 bits per heavy atom. The Morgan fingerprint density at radius 2 is 2.05 bits per heavy atom. The Kier molecular flexibility index (Phi) is 5.88. The Labute approximate surface area is 142 Å². The fourth-order valence-corrected chi connectivity index (χ4v) is 2.49. The van der Waals surface area contributed by atoms with Gasteiger partial charge in [-0.15, -0.1) is 0 Å². The number of halogens is 3. The molecule has 0 atom stereocenters. The van der Waals surface area contributed by atoms with Crippen molar-refractivity contribution in [2.75, 3.05) is 0 Å². The predicted molar refractivity (Wildman–Crippen MR) is 90.4 cm³/mol. The van der Waals surface area contributed by atoms with Crippen LogP contribution in [0.3, 0.4) is 0 Å². The molecule has 0 unspecified atom stereocenters. The van der Waals surface area contributed by atoms with Crippen molar-refractivity contribution in [3.05, 3.63) is 50.5 Å². The maximum absolute atomic E-state index is 6.13. The molecule has 1 N–H and O–H groups in total. The molecule has 112 valence electrons. The molecule has 0 aliphatic rings. The number of benzene rings is 1. The van der Waals surface area contributed by atoms with E-state index in [1.165, 1.54) is 0 Å². The van der Waals surface area contributed by atoms with E-state index in [1.54, 1.807) is 24.4 Å². The average Bonchev–Trinajstić information content (AvgIpc) is 2.41. The van der Waals surface area contributed by atoms with Crippen LogP contribution in [0.15, 0.2) is 34.9 Å². The molecule has 0 spiro atoms. The van der Waals surface area contributed by atoms with Crippen molar-refractivity contribution in [3.63, 3.8) is 0 Å². The third-order valence-electron chi connectivity index (χ3n) is 2.69. The van der Waals surface area contributed by atoms with Gasteiger partial charge in [-0.2, -0.15) is 0 Å². The van der Waals surface area contributed by atoms with Gasteiger partial charge >= 0.3 is 0 Å². The number of aromatic nitrogens is 1. The third kappa shape index (κ3) is 4.85. The van der Waals surface area contributed by atoms with Gasteiger partial charge in [-0.05, 0) is 40.2 Å². The second kappa shape index (κ2) is 7.45. The number of ether oxygens (including phenoxy) is 1. The highest BCUT2D eigenvalue weighted by molar-refractivity contribution is 9.10. The minimum absolute atomic E-state index is 0.371. The van der Waals surface area contributed by atoms with Crippen LogP contribution in [0.1, 0.15) is 19.4 Å². The van der Waals surface area contributed by atoms with Crippen LogP contribution >= 0.6 is 39.1 Å². The minimum atomic E-state index is 0.371. The molecule has 6 heteroatoms. The largest absolute Gasteiger partial charge is 0.437 e. The van der Waals surface area contributed by atoms with Crippen LogP contribution in [0.25, 0.3) is 0 Å². The number of hydrogen-bond donors (Lipinski definition) is 1. The Balaban J connectivity index is 2.26. The normalized spacial score (nSPS) is 11.0. The first kappa shape index (κ1) is 16.6. The van der Waals surface area contributed by atoms with Gasteiger partial charge < -0.3 is 10.1 Å². The first-order valence-corrected chi connectivity index (χ1v) is 8.01. The van der Waals surface area contributed by atoms with Crippen molar-refractivity contribution in [1.82, 2.24) is 10.3 Å². The molecule has 0 saturated carbocycles. The molecule has 0 fully saturated rings. The van der Waals surface area contributed by atoms with Gasteiger partial charge in [0.15, 0.2) is 0 Å². The smallest absolute Gasteiger partial charge is 0.223 e. The first-order chi connectivity index (χ1) is 9.95. The highest BCUT2D eigenvalue weighted by Gasteiger charge is 2.11. The van der Waals surface area contributed by atoms with Crippen molar-refractivity contribution in [2.45, 2.75) is 26.4 Å². The summed E-state index contributed by atoms with van der Waals surface area (Å²) in [5.74, 6) is 1.05. The molecule has 0 saturated heterocycles. The number of pyridine rings is 1. The van der Waals surface area contributed by atoms with Crippen molar-refractivity contribution < 1.29 is 4.74 Å². The van der Waals surface area contributed by atoms with Gasteiger partial charge in [0.05, 0.1) is 5.02 Å². The minimum Gasteiger partial charge on any atom is -0.437 e. The van der Waals surface area contributed by atoms with Crippen molar-refractivity contribution in [2.24, 2.45) is 0 Å². The van der Waals surface area contributed by atoms with E-state index in [1.807, 2.05) is 6.07 Å². The molecule has 1 aromatic carbocycles. The fourth-order valence-electron chi connectivity index (χ4n) is 1.66. The van der Waals surface area contributed by atoms with Crippen molar-refractivity contribution >= 4 is 39.1 Å². The predicted octanol–water partition coefficient (Wildman–Crippen LogP) is 5.44. The van der Waals surface area contributed by atoms with Crippen LogP contribution in [0.4, 0.5) is 0 Å². The zero-order chi connectivity index (χ0) is 15.4. The lowest BCUT2D eigenvalue weighted by Gasteiger charge is -2.13. The van der Waals surface area contributed by atoms with E-state index in [0.717, 1.165) is 10.0 Å². The molecule has 0 aliphatic carbocycles. The molecular weight excluding hydrogens is 375 g/mol. The van der Waals surface area contributed by atoms with Gasteiger partial charge in [-0.3, -0.25) is 0 Å². The summed E-state index contributed by atoms with van der Waals surface area (Å²) in [6.07, 6.45) is 1.69. The van der Waals surface area contributed by atoms with E-state index in [4.69, 9.17) is 27.9 Å². The number of nitrogens with one attached hydrogen (secondary N) is 1. The monoisotopic (exact) mass is 388 g/mol. The maximum Gasteiger partial charge on any atom is 0.223 e. The lowest BCUT2D eigenvalue weighted by Crippen LogP contribution is -2.22. The molecular formula is C15H15BrCl2N2O. The molecule has 3 nitrogen and oxygen atoms in total. The quantitative estimate of drug-likeness (QED) is 0.738. The molecule has 0 bridgehead atoms. The van der Waals surface area contributed by atoms with Crippen LogP contribution in [-0.4, -0.2) is 11.0 Å². The second-order valence-electron chi connectivity index (χ2n) is 4.83. The van der Waals surface area contributed by atoms with Gasteiger partial charge in [0.2, 0.25) is 5.88 Å². The van der Waals surface area contributed by atoms with Gasteiger partial charge in [-0.25, -0.2) is 4.98 Å². The summed E-state index contributed by atoms with van der Waals surface area (Å²) < 4.78 is 6.72. The standard InChI is InChI=1S/C15H15BrCl2N2O/c1-9(2)19-7-10-5-11(16)8-20-15(10)21-14-4-3-12(17)6-13(14)18/h3-6,8-9,19H,7H2,1-2H3. The van der Waals surface area contributed by atoms with Gasteiger partial charge in [-0.1, -0.05) is 37.0 Å².